The van der Waals surface area contributed by atoms with Crippen molar-refractivity contribution >= 4 is 10.9 Å². The lowest BCUT2D eigenvalue weighted by Crippen LogP contribution is -2.25. The Bertz CT molecular complexity index is 716. The van der Waals surface area contributed by atoms with Crippen molar-refractivity contribution in [1.82, 2.24) is 10.3 Å². The predicted octanol–water partition coefficient (Wildman–Crippen LogP) is 4.26. The molecule has 0 radical (unpaired) electrons. The standard InChI is InChI=1S/C19H24N2O2/c1-14(2)12-22-13-18(19-7-4-10-23-19)21-11-15-5-3-6-17-16(15)8-9-20-17/h3-10,14,18,20-21H,11-13H2,1-2H3. The van der Waals surface area contributed by atoms with Gasteiger partial charge in [-0.3, -0.25) is 0 Å². The van der Waals surface area contributed by atoms with Crippen molar-refractivity contribution in [2.24, 2.45) is 5.92 Å². The number of ether oxygens (including phenoxy) is 1. The average Bonchev–Trinajstić information content (AvgIpc) is 3.21. The SMILES string of the molecule is CC(C)COCC(NCc1cccc2[nH]ccc12)c1ccco1. The highest BCUT2D eigenvalue weighted by molar-refractivity contribution is 5.82. The first-order valence-electron chi connectivity index (χ1n) is 8.13. The van der Waals surface area contributed by atoms with Crippen molar-refractivity contribution < 1.29 is 9.15 Å². The van der Waals surface area contributed by atoms with Gasteiger partial charge in [0.1, 0.15) is 5.76 Å². The predicted molar refractivity (Wildman–Crippen MR) is 92.2 cm³/mol. The fourth-order valence-corrected chi connectivity index (χ4v) is 2.69. The second-order valence-electron chi connectivity index (χ2n) is 6.24. The molecule has 3 rings (SSSR count). The minimum Gasteiger partial charge on any atom is -0.468 e. The van der Waals surface area contributed by atoms with Crippen LogP contribution in [0.2, 0.25) is 0 Å². The van der Waals surface area contributed by atoms with Crippen molar-refractivity contribution in [3.63, 3.8) is 0 Å². The van der Waals surface area contributed by atoms with E-state index in [0.717, 1.165) is 24.4 Å². The molecule has 4 heteroatoms. The van der Waals surface area contributed by atoms with Gasteiger partial charge in [-0.05, 0) is 35.7 Å². The number of furan rings is 1. The summed E-state index contributed by atoms with van der Waals surface area (Å²) in [5.41, 5.74) is 2.43. The van der Waals surface area contributed by atoms with Crippen molar-refractivity contribution in [2.45, 2.75) is 26.4 Å². The molecule has 1 atom stereocenters. The molecule has 0 spiro atoms. The number of hydrogen-bond acceptors (Lipinski definition) is 3. The van der Waals surface area contributed by atoms with Gasteiger partial charge in [0, 0.05) is 30.3 Å². The summed E-state index contributed by atoms with van der Waals surface area (Å²) in [5.74, 6) is 1.44. The van der Waals surface area contributed by atoms with Gasteiger partial charge in [-0.25, -0.2) is 0 Å². The highest BCUT2D eigenvalue weighted by Crippen LogP contribution is 2.20. The van der Waals surface area contributed by atoms with Crippen LogP contribution >= 0.6 is 0 Å². The summed E-state index contributed by atoms with van der Waals surface area (Å²) in [6.45, 7) is 6.44. The number of nitrogens with one attached hydrogen (secondary N) is 2. The molecule has 4 nitrogen and oxygen atoms in total. The topological polar surface area (TPSA) is 50.2 Å². The van der Waals surface area contributed by atoms with Crippen LogP contribution in [0.25, 0.3) is 10.9 Å². The molecule has 0 aliphatic rings. The highest BCUT2D eigenvalue weighted by atomic mass is 16.5. The lowest BCUT2D eigenvalue weighted by Gasteiger charge is -2.18. The third-order valence-corrected chi connectivity index (χ3v) is 3.85. The second kappa shape index (κ2) is 7.49. The molecule has 1 unspecified atom stereocenters. The zero-order valence-corrected chi connectivity index (χ0v) is 13.7. The molecule has 3 aromatic rings. The van der Waals surface area contributed by atoms with Crippen LogP contribution < -0.4 is 5.32 Å². The van der Waals surface area contributed by atoms with Gasteiger partial charge in [0.15, 0.2) is 0 Å². The normalized spacial score (nSPS) is 13.0. The van der Waals surface area contributed by atoms with Crippen LogP contribution in [-0.2, 0) is 11.3 Å². The van der Waals surface area contributed by atoms with Gasteiger partial charge in [-0.1, -0.05) is 26.0 Å². The smallest absolute Gasteiger partial charge is 0.123 e. The van der Waals surface area contributed by atoms with Gasteiger partial charge in [-0.2, -0.15) is 0 Å². The summed E-state index contributed by atoms with van der Waals surface area (Å²) in [6, 6.07) is 12.4. The van der Waals surface area contributed by atoms with E-state index in [1.54, 1.807) is 6.26 Å². The molecule has 0 aliphatic carbocycles. The summed E-state index contributed by atoms with van der Waals surface area (Å²) in [5, 5.41) is 4.81. The van der Waals surface area contributed by atoms with Crippen molar-refractivity contribution in [3.05, 3.63) is 60.2 Å². The molecule has 2 heterocycles. The van der Waals surface area contributed by atoms with Crippen LogP contribution in [0, 0.1) is 5.92 Å². The molecule has 0 aliphatic heterocycles. The third kappa shape index (κ3) is 4.03. The number of aromatic nitrogens is 1. The molecule has 2 aromatic heterocycles. The first kappa shape index (κ1) is 15.8. The van der Waals surface area contributed by atoms with Gasteiger partial charge in [-0.15, -0.1) is 0 Å². The van der Waals surface area contributed by atoms with E-state index in [2.05, 4.69) is 48.4 Å². The zero-order chi connectivity index (χ0) is 16.1. The molecule has 0 bridgehead atoms. The van der Waals surface area contributed by atoms with Crippen molar-refractivity contribution in [2.75, 3.05) is 13.2 Å². The number of fused-ring (bicyclic) bond motifs is 1. The lowest BCUT2D eigenvalue weighted by atomic mass is 10.1. The maximum Gasteiger partial charge on any atom is 0.123 e. The summed E-state index contributed by atoms with van der Waals surface area (Å²) in [7, 11) is 0. The van der Waals surface area contributed by atoms with Crippen LogP contribution in [0.15, 0.2) is 53.3 Å². The first-order valence-corrected chi connectivity index (χ1v) is 8.13. The van der Waals surface area contributed by atoms with E-state index in [4.69, 9.17) is 9.15 Å². The van der Waals surface area contributed by atoms with E-state index < -0.39 is 0 Å². The van der Waals surface area contributed by atoms with Crippen LogP contribution in [-0.4, -0.2) is 18.2 Å². The van der Waals surface area contributed by atoms with Crippen molar-refractivity contribution in [3.8, 4) is 0 Å². The average molecular weight is 312 g/mol. The molecule has 0 amide bonds. The Morgan fingerprint density at radius 3 is 2.83 bits per heavy atom. The summed E-state index contributed by atoms with van der Waals surface area (Å²) >= 11 is 0. The molecule has 23 heavy (non-hydrogen) atoms. The summed E-state index contributed by atoms with van der Waals surface area (Å²) in [4.78, 5) is 3.25. The maximum atomic E-state index is 5.81. The fraction of sp³-hybridized carbons (Fsp3) is 0.368. The van der Waals surface area contributed by atoms with Crippen LogP contribution in [0.1, 0.15) is 31.2 Å². The fourth-order valence-electron chi connectivity index (χ4n) is 2.69. The van der Waals surface area contributed by atoms with E-state index >= 15 is 0 Å². The van der Waals surface area contributed by atoms with E-state index in [0.29, 0.717) is 12.5 Å². The number of benzene rings is 1. The molecule has 122 valence electrons. The Labute approximate surface area is 136 Å². The Hall–Kier alpha value is -2.04. The number of rotatable bonds is 8. The van der Waals surface area contributed by atoms with Gasteiger partial charge in [0.05, 0.1) is 18.9 Å². The molecule has 0 saturated carbocycles. The van der Waals surface area contributed by atoms with Gasteiger partial charge >= 0.3 is 0 Å². The Balaban J connectivity index is 1.67. The maximum absolute atomic E-state index is 5.81. The largest absolute Gasteiger partial charge is 0.468 e. The van der Waals surface area contributed by atoms with E-state index in [-0.39, 0.29) is 6.04 Å². The zero-order valence-electron chi connectivity index (χ0n) is 13.7. The van der Waals surface area contributed by atoms with Gasteiger partial charge in [0.25, 0.3) is 0 Å². The second-order valence-corrected chi connectivity index (χ2v) is 6.24. The summed E-state index contributed by atoms with van der Waals surface area (Å²) in [6.07, 6.45) is 3.68. The highest BCUT2D eigenvalue weighted by Gasteiger charge is 2.15. The molecule has 0 fully saturated rings. The molecule has 0 saturated heterocycles. The Morgan fingerprint density at radius 2 is 2.04 bits per heavy atom. The van der Waals surface area contributed by atoms with E-state index in [9.17, 15) is 0 Å². The third-order valence-electron chi connectivity index (χ3n) is 3.85. The van der Waals surface area contributed by atoms with Gasteiger partial charge < -0.3 is 19.5 Å². The quantitative estimate of drug-likeness (QED) is 0.653. The van der Waals surface area contributed by atoms with E-state index in [1.807, 2.05) is 18.3 Å². The number of aromatic amines is 1. The first-order chi connectivity index (χ1) is 11.2. The monoisotopic (exact) mass is 312 g/mol. The minimum absolute atomic E-state index is 0.0537. The van der Waals surface area contributed by atoms with E-state index in [1.165, 1.54) is 10.9 Å². The molecule has 1 aromatic carbocycles. The lowest BCUT2D eigenvalue weighted by molar-refractivity contribution is 0.0845. The van der Waals surface area contributed by atoms with Crippen LogP contribution in [0.5, 0.6) is 0 Å². The Kier molecular flexibility index (Phi) is 5.16. The number of hydrogen-bond donors (Lipinski definition) is 2. The molecular formula is C19H24N2O2. The van der Waals surface area contributed by atoms with Gasteiger partial charge in [0.2, 0.25) is 0 Å². The summed E-state index contributed by atoms with van der Waals surface area (Å²) < 4.78 is 11.4. The Morgan fingerprint density at radius 1 is 1.13 bits per heavy atom. The van der Waals surface area contributed by atoms with Crippen LogP contribution in [0.3, 0.4) is 0 Å². The molecule has 2 N–H and O–H groups in total. The minimum atomic E-state index is 0.0537. The molecular weight excluding hydrogens is 288 g/mol. The number of H-pyrrole nitrogens is 1. The van der Waals surface area contributed by atoms with Crippen molar-refractivity contribution in [1.29, 1.82) is 0 Å². The van der Waals surface area contributed by atoms with Crippen LogP contribution in [0.4, 0.5) is 0 Å².